The lowest BCUT2D eigenvalue weighted by molar-refractivity contribution is 0.580. The van der Waals surface area contributed by atoms with E-state index < -0.39 is 0 Å². The van der Waals surface area contributed by atoms with E-state index in [1.165, 1.54) is 0 Å². The summed E-state index contributed by atoms with van der Waals surface area (Å²) >= 11 is 5.90. The monoisotopic (exact) mass is 276 g/mol. The van der Waals surface area contributed by atoms with Gasteiger partial charge in [-0.15, -0.1) is 0 Å². The fourth-order valence-corrected chi connectivity index (χ4v) is 2.25. The van der Waals surface area contributed by atoms with Crippen molar-refractivity contribution in [2.45, 2.75) is 26.4 Å². The summed E-state index contributed by atoms with van der Waals surface area (Å²) in [7, 11) is 0. The molecule has 0 aliphatic carbocycles. The van der Waals surface area contributed by atoms with Crippen LogP contribution in [0.1, 0.15) is 25.5 Å². The normalized spacial score (nSPS) is 11.0. The topological polar surface area (TPSA) is 48.0 Å². The van der Waals surface area contributed by atoms with Crippen molar-refractivity contribution >= 4 is 11.6 Å². The Morgan fingerprint density at radius 3 is 2.32 bits per heavy atom. The van der Waals surface area contributed by atoms with Crippen molar-refractivity contribution in [1.82, 2.24) is 4.57 Å². The van der Waals surface area contributed by atoms with E-state index in [0.717, 1.165) is 11.3 Å². The second-order valence-electron chi connectivity index (χ2n) is 4.72. The molecule has 0 bridgehead atoms. The van der Waals surface area contributed by atoms with Crippen molar-refractivity contribution in [3.8, 4) is 11.3 Å². The molecule has 1 aromatic heterocycles. The van der Waals surface area contributed by atoms with Gasteiger partial charge in [0, 0.05) is 23.2 Å². The van der Waals surface area contributed by atoms with Crippen LogP contribution in [0, 0.1) is 0 Å². The van der Waals surface area contributed by atoms with Crippen LogP contribution in [-0.2, 0) is 6.54 Å². The number of nitrogens with two attached hydrogens (primary N) is 1. The van der Waals surface area contributed by atoms with Crippen LogP contribution in [0.25, 0.3) is 11.3 Å². The Bertz CT molecular complexity index is 630. The molecule has 0 saturated carbocycles. The van der Waals surface area contributed by atoms with Crippen LogP contribution in [0.5, 0.6) is 0 Å². The van der Waals surface area contributed by atoms with E-state index in [-0.39, 0.29) is 18.1 Å². The smallest absolute Gasteiger partial charge is 0.255 e. The Hall–Kier alpha value is -1.58. The molecule has 0 aliphatic rings. The number of hydrogen-bond donors (Lipinski definition) is 1. The van der Waals surface area contributed by atoms with Crippen molar-refractivity contribution in [1.29, 1.82) is 0 Å². The van der Waals surface area contributed by atoms with Crippen molar-refractivity contribution < 1.29 is 0 Å². The molecule has 2 N–H and O–H groups in total. The van der Waals surface area contributed by atoms with Gasteiger partial charge < -0.3 is 10.3 Å². The number of halogens is 1. The zero-order valence-electron chi connectivity index (χ0n) is 11.1. The summed E-state index contributed by atoms with van der Waals surface area (Å²) in [5.41, 5.74) is 8.06. The first-order valence-electron chi connectivity index (χ1n) is 6.25. The summed E-state index contributed by atoms with van der Waals surface area (Å²) in [5, 5.41) is 0.681. The van der Waals surface area contributed by atoms with Crippen molar-refractivity contribution in [2.24, 2.45) is 5.73 Å². The van der Waals surface area contributed by atoms with Crippen LogP contribution < -0.4 is 11.3 Å². The number of aromatic nitrogens is 1. The van der Waals surface area contributed by atoms with Crippen LogP contribution >= 0.6 is 11.6 Å². The van der Waals surface area contributed by atoms with Crippen molar-refractivity contribution in [3.05, 3.63) is 57.3 Å². The van der Waals surface area contributed by atoms with Gasteiger partial charge in [0.2, 0.25) is 0 Å². The molecule has 100 valence electrons. The molecule has 0 fully saturated rings. The van der Waals surface area contributed by atoms with E-state index >= 15 is 0 Å². The van der Waals surface area contributed by atoms with Gasteiger partial charge in [0.05, 0.1) is 5.69 Å². The summed E-state index contributed by atoms with van der Waals surface area (Å²) in [6.07, 6.45) is 0. The largest absolute Gasteiger partial charge is 0.326 e. The maximum atomic E-state index is 12.4. The predicted octanol–water partition coefficient (Wildman–Crippen LogP) is 3.21. The Morgan fingerprint density at radius 1 is 1.16 bits per heavy atom. The summed E-state index contributed by atoms with van der Waals surface area (Å²) in [6, 6.07) is 11.3. The molecule has 0 atom stereocenters. The standard InChI is InChI=1S/C15H17ClN2O/c1-10(2)18-14(8-5-12(9-17)15(18)19)11-3-6-13(16)7-4-11/h3-8,10H,9,17H2,1-2H3. The fraction of sp³-hybridized carbons (Fsp3) is 0.267. The van der Waals surface area contributed by atoms with Gasteiger partial charge in [-0.1, -0.05) is 29.8 Å². The Labute approximate surface area is 117 Å². The Kier molecular flexibility index (Phi) is 4.08. The van der Waals surface area contributed by atoms with Crippen LogP contribution in [-0.4, -0.2) is 4.57 Å². The first-order chi connectivity index (χ1) is 9.04. The SMILES string of the molecule is CC(C)n1c(-c2ccc(Cl)cc2)ccc(CN)c1=O. The molecule has 0 radical (unpaired) electrons. The minimum atomic E-state index is -0.0232. The molecular formula is C15H17ClN2O. The predicted molar refractivity (Wildman–Crippen MR) is 79.4 cm³/mol. The lowest BCUT2D eigenvalue weighted by atomic mass is 10.1. The van der Waals surface area contributed by atoms with E-state index in [1.807, 2.05) is 44.2 Å². The molecule has 2 rings (SSSR count). The first-order valence-corrected chi connectivity index (χ1v) is 6.63. The van der Waals surface area contributed by atoms with Gasteiger partial charge in [0.15, 0.2) is 0 Å². The van der Waals surface area contributed by atoms with Crippen molar-refractivity contribution in [3.63, 3.8) is 0 Å². The zero-order valence-corrected chi connectivity index (χ0v) is 11.8. The summed E-state index contributed by atoms with van der Waals surface area (Å²) in [4.78, 5) is 12.4. The minimum Gasteiger partial charge on any atom is -0.326 e. The minimum absolute atomic E-state index is 0.0232. The highest BCUT2D eigenvalue weighted by molar-refractivity contribution is 6.30. The van der Waals surface area contributed by atoms with E-state index in [2.05, 4.69) is 0 Å². The number of hydrogen-bond acceptors (Lipinski definition) is 2. The summed E-state index contributed by atoms with van der Waals surface area (Å²) in [5.74, 6) is 0. The van der Waals surface area contributed by atoms with Gasteiger partial charge in [-0.25, -0.2) is 0 Å². The van der Waals surface area contributed by atoms with Gasteiger partial charge in [-0.2, -0.15) is 0 Å². The third-order valence-corrected chi connectivity index (χ3v) is 3.32. The van der Waals surface area contributed by atoms with E-state index in [0.29, 0.717) is 10.6 Å². The van der Waals surface area contributed by atoms with Crippen molar-refractivity contribution in [2.75, 3.05) is 0 Å². The maximum Gasteiger partial charge on any atom is 0.255 e. The summed E-state index contributed by atoms with van der Waals surface area (Å²) in [6.45, 7) is 4.23. The van der Waals surface area contributed by atoms with E-state index in [1.54, 1.807) is 10.6 Å². The Balaban J connectivity index is 2.67. The molecule has 0 amide bonds. The molecule has 4 heteroatoms. The maximum absolute atomic E-state index is 12.4. The van der Waals surface area contributed by atoms with Crippen LogP contribution in [0.15, 0.2) is 41.2 Å². The average molecular weight is 277 g/mol. The third-order valence-electron chi connectivity index (χ3n) is 3.07. The number of rotatable bonds is 3. The first kappa shape index (κ1) is 13.8. The van der Waals surface area contributed by atoms with Crippen LogP contribution in [0.3, 0.4) is 0 Å². The molecule has 19 heavy (non-hydrogen) atoms. The number of pyridine rings is 1. The second kappa shape index (κ2) is 5.59. The van der Waals surface area contributed by atoms with E-state index in [4.69, 9.17) is 17.3 Å². The zero-order chi connectivity index (χ0) is 14.0. The quantitative estimate of drug-likeness (QED) is 0.936. The highest BCUT2D eigenvalue weighted by Crippen LogP contribution is 2.23. The molecule has 0 unspecified atom stereocenters. The molecule has 1 heterocycles. The lowest BCUT2D eigenvalue weighted by Gasteiger charge is -2.17. The Morgan fingerprint density at radius 2 is 1.79 bits per heavy atom. The molecule has 0 aliphatic heterocycles. The molecule has 0 saturated heterocycles. The van der Waals surface area contributed by atoms with E-state index in [9.17, 15) is 4.79 Å². The average Bonchev–Trinajstić information content (AvgIpc) is 2.38. The van der Waals surface area contributed by atoms with Gasteiger partial charge in [-0.05, 0) is 37.6 Å². The number of nitrogens with zero attached hydrogens (tertiary/aromatic N) is 1. The van der Waals surface area contributed by atoms with Gasteiger partial charge in [0.1, 0.15) is 0 Å². The number of benzene rings is 1. The van der Waals surface area contributed by atoms with Gasteiger partial charge in [0.25, 0.3) is 5.56 Å². The molecule has 2 aromatic rings. The van der Waals surface area contributed by atoms with Gasteiger partial charge >= 0.3 is 0 Å². The van der Waals surface area contributed by atoms with Crippen LogP contribution in [0.4, 0.5) is 0 Å². The molecular weight excluding hydrogens is 260 g/mol. The highest BCUT2D eigenvalue weighted by atomic mass is 35.5. The molecule has 1 aromatic carbocycles. The fourth-order valence-electron chi connectivity index (χ4n) is 2.12. The van der Waals surface area contributed by atoms with Crippen LogP contribution in [0.2, 0.25) is 5.02 Å². The highest BCUT2D eigenvalue weighted by Gasteiger charge is 2.12. The third kappa shape index (κ3) is 2.72. The summed E-state index contributed by atoms with van der Waals surface area (Å²) < 4.78 is 1.77. The second-order valence-corrected chi connectivity index (χ2v) is 5.16. The lowest BCUT2D eigenvalue weighted by Crippen LogP contribution is -2.27. The van der Waals surface area contributed by atoms with Gasteiger partial charge in [-0.3, -0.25) is 4.79 Å². The molecule has 3 nitrogen and oxygen atoms in total. The molecule has 0 spiro atoms.